The van der Waals surface area contributed by atoms with E-state index in [0.29, 0.717) is 6.54 Å². The standard InChI is InChI=1S/C21H20N3OS2/c1-3-24-19(25)18(21-22(2)16-9-4-5-10-17(16)26-21)27-20(24)14-11-13-23-12-7-6-8-15(14)23/h4-10,12H,3,11,13H2,1-2H3/q+1/b21-18+. The van der Waals surface area contributed by atoms with Gasteiger partial charge in [0.2, 0.25) is 5.69 Å². The number of hydrogen-bond donors (Lipinski definition) is 0. The van der Waals surface area contributed by atoms with Crippen molar-refractivity contribution in [3.63, 3.8) is 0 Å². The Morgan fingerprint density at radius 1 is 1.15 bits per heavy atom. The molecule has 4 nitrogen and oxygen atoms in total. The molecule has 0 atom stereocenters. The Morgan fingerprint density at radius 3 is 2.78 bits per heavy atom. The molecule has 2 aliphatic rings. The second-order valence-corrected chi connectivity index (χ2v) is 8.76. The predicted octanol–water partition coefficient (Wildman–Crippen LogP) is 2.13. The number of aromatic nitrogens is 2. The minimum absolute atomic E-state index is 0.126. The summed E-state index contributed by atoms with van der Waals surface area (Å²) >= 11 is 3.34. The zero-order valence-electron chi connectivity index (χ0n) is 15.3. The van der Waals surface area contributed by atoms with Crippen molar-refractivity contribution in [2.24, 2.45) is 0 Å². The summed E-state index contributed by atoms with van der Waals surface area (Å²) in [6.07, 6.45) is 3.10. The zero-order chi connectivity index (χ0) is 18.5. The van der Waals surface area contributed by atoms with E-state index in [1.54, 1.807) is 23.1 Å². The van der Waals surface area contributed by atoms with Gasteiger partial charge in [-0.3, -0.25) is 9.36 Å². The molecule has 136 valence electrons. The lowest BCUT2D eigenvalue weighted by Crippen LogP contribution is -2.34. The molecule has 0 unspecified atom stereocenters. The molecule has 1 aromatic carbocycles. The molecule has 2 aromatic heterocycles. The van der Waals surface area contributed by atoms with E-state index in [0.717, 1.165) is 27.2 Å². The van der Waals surface area contributed by atoms with E-state index in [1.807, 2.05) is 10.6 Å². The Kier molecular flexibility index (Phi) is 3.98. The van der Waals surface area contributed by atoms with Crippen LogP contribution in [0.15, 0.2) is 58.4 Å². The molecule has 0 amide bonds. The number of fused-ring (bicyclic) bond motifs is 2. The Labute approximate surface area is 165 Å². The third kappa shape index (κ3) is 2.51. The van der Waals surface area contributed by atoms with Crippen LogP contribution in [0.1, 0.15) is 19.0 Å². The van der Waals surface area contributed by atoms with Crippen LogP contribution in [0.4, 0.5) is 5.69 Å². The molecular formula is C21H20N3OS2+. The summed E-state index contributed by atoms with van der Waals surface area (Å²) in [5.74, 6) is 0. The van der Waals surface area contributed by atoms with Crippen LogP contribution in [0, 0.1) is 0 Å². The highest BCUT2D eigenvalue weighted by Gasteiger charge is 2.28. The van der Waals surface area contributed by atoms with Crippen molar-refractivity contribution in [3.05, 3.63) is 73.9 Å². The van der Waals surface area contributed by atoms with Crippen molar-refractivity contribution < 1.29 is 4.57 Å². The van der Waals surface area contributed by atoms with Gasteiger partial charge < -0.3 is 4.90 Å². The first-order valence-electron chi connectivity index (χ1n) is 9.15. The van der Waals surface area contributed by atoms with Gasteiger partial charge >= 0.3 is 0 Å². The lowest BCUT2D eigenvalue weighted by atomic mass is 10.2. The van der Waals surface area contributed by atoms with Crippen molar-refractivity contribution in [1.82, 2.24) is 4.57 Å². The van der Waals surface area contributed by atoms with Gasteiger partial charge in [-0.1, -0.05) is 23.9 Å². The largest absolute Gasteiger partial charge is 0.337 e. The summed E-state index contributed by atoms with van der Waals surface area (Å²) in [5.41, 5.74) is 3.81. The van der Waals surface area contributed by atoms with E-state index in [-0.39, 0.29) is 5.56 Å². The first kappa shape index (κ1) is 16.8. The molecule has 0 bridgehead atoms. The number of aryl methyl sites for hydroxylation is 1. The quantitative estimate of drug-likeness (QED) is 0.592. The summed E-state index contributed by atoms with van der Waals surface area (Å²) < 4.78 is 6.17. The third-order valence-corrected chi connectivity index (χ3v) is 7.84. The van der Waals surface area contributed by atoms with Crippen molar-refractivity contribution in [3.8, 4) is 0 Å². The SMILES string of the molecule is CCn1c(=O)/c(=C2\Sc3ccccc3N2C)s/c1=C1/CC[n+]2ccccc21. The monoisotopic (exact) mass is 394 g/mol. The fourth-order valence-corrected chi connectivity index (χ4v) is 6.48. The van der Waals surface area contributed by atoms with Gasteiger partial charge in [0.25, 0.3) is 5.56 Å². The van der Waals surface area contributed by atoms with E-state index in [2.05, 4.69) is 66.0 Å². The number of para-hydroxylation sites is 1. The molecule has 0 saturated carbocycles. The topological polar surface area (TPSA) is 29.1 Å². The highest BCUT2D eigenvalue weighted by Crippen LogP contribution is 2.44. The number of thioether (sulfide) groups is 1. The van der Waals surface area contributed by atoms with Gasteiger partial charge in [-0.15, -0.1) is 11.3 Å². The third-order valence-electron chi connectivity index (χ3n) is 5.24. The van der Waals surface area contributed by atoms with Crippen molar-refractivity contribution in [1.29, 1.82) is 0 Å². The fraction of sp³-hybridized carbons (Fsp3) is 0.238. The molecule has 0 spiro atoms. The maximum atomic E-state index is 13.3. The van der Waals surface area contributed by atoms with Crippen LogP contribution in [-0.2, 0) is 13.1 Å². The number of benzene rings is 1. The normalized spacial score (nSPS) is 19.4. The Hall–Kier alpha value is -2.31. The molecule has 0 aliphatic carbocycles. The van der Waals surface area contributed by atoms with E-state index >= 15 is 0 Å². The number of rotatable bonds is 1. The first-order valence-corrected chi connectivity index (χ1v) is 10.8. The smallest absolute Gasteiger partial charge is 0.271 e. The Balaban J connectivity index is 1.80. The minimum atomic E-state index is 0.126. The molecule has 2 aliphatic heterocycles. The Bertz CT molecular complexity index is 1240. The fourth-order valence-electron chi connectivity index (χ4n) is 3.88. The molecule has 4 heterocycles. The maximum Gasteiger partial charge on any atom is 0.271 e. The van der Waals surface area contributed by atoms with E-state index in [1.165, 1.54) is 21.8 Å². The minimum Gasteiger partial charge on any atom is -0.337 e. The Morgan fingerprint density at radius 2 is 1.96 bits per heavy atom. The molecule has 0 saturated heterocycles. The van der Waals surface area contributed by atoms with Gasteiger partial charge in [0.05, 0.1) is 11.3 Å². The van der Waals surface area contributed by atoms with Gasteiger partial charge in [-0.25, -0.2) is 0 Å². The number of nitrogens with zero attached hydrogens (tertiary/aromatic N) is 3. The summed E-state index contributed by atoms with van der Waals surface area (Å²) in [6.45, 7) is 3.73. The molecule has 6 heteroatoms. The van der Waals surface area contributed by atoms with Gasteiger partial charge in [0.15, 0.2) is 12.7 Å². The van der Waals surface area contributed by atoms with E-state index < -0.39 is 0 Å². The average Bonchev–Trinajstić information content (AvgIpc) is 3.35. The molecule has 0 fully saturated rings. The van der Waals surface area contributed by atoms with Crippen LogP contribution in [0.2, 0.25) is 0 Å². The van der Waals surface area contributed by atoms with Crippen LogP contribution in [0.3, 0.4) is 0 Å². The number of thiazole rings is 1. The first-order chi connectivity index (χ1) is 13.2. The van der Waals surface area contributed by atoms with Crippen LogP contribution >= 0.6 is 23.1 Å². The summed E-state index contributed by atoms with van der Waals surface area (Å²) in [5, 5.41) is 1.04. The second kappa shape index (κ2) is 6.39. The van der Waals surface area contributed by atoms with Crippen LogP contribution in [0.5, 0.6) is 0 Å². The van der Waals surface area contributed by atoms with Gasteiger partial charge in [-0.05, 0) is 25.1 Å². The predicted molar refractivity (Wildman–Crippen MR) is 111 cm³/mol. The zero-order valence-corrected chi connectivity index (χ0v) is 16.9. The number of hydrogen-bond acceptors (Lipinski definition) is 4. The van der Waals surface area contributed by atoms with Crippen LogP contribution in [-0.4, -0.2) is 11.6 Å². The molecule has 0 N–H and O–H groups in total. The number of pyridine rings is 1. The average molecular weight is 395 g/mol. The van der Waals surface area contributed by atoms with Crippen molar-refractivity contribution >= 4 is 39.4 Å². The molecule has 3 aromatic rings. The molecular weight excluding hydrogens is 374 g/mol. The molecule has 27 heavy (non-hydrogen) atoms. The lowest BCUT2D eigenvalue weighted by molar-refractivity contribution is -0.689. The highest BCUT2D eigenvalue weighted by molar-refractivity contribution is 8.08. The second-order valence-electron chi connectivity index (χ2n) is 6.73. The molecule has 5 rings (SSSR count). The molecule has 0 radical (unpaired) electrons. The lowest BCUT2D eigenvalue weighted by Gasteiger charge is -2.11. The van der Waals surface area contributed by atoms with E-state index in [9.17, 15) is 4.79 Å². The van der Waals surface area contributed by atoms with Crippen molar-refractivity contribution in [2.45, 2.75) is 31.3 Å². The van der Waals surface area contributed by atoms with Gasteiger partial charge in [0.1, 0.15) is 14.2 Å². The van der Waals surface area contributed by atoms with Gasteiger partial charge in [-0.2, -0.15) is 4.57 Å². The van der Waals surface area contributed by atoms with Gasteiger partial charge in [0, 0.05) is 37.0 Å². The highest BCUT2D eigenvalue weighted by atomic mass is 32.2. The maximum absolute atomic E-state index is 13.3. The van der Waals surface area contributed by atoms with Crippen LogP contribution < -0.4 is 24.2 Å². The summed E-state index contributed by atoms with van der Waals surface area (Å²) in [7, 11) is 2.05. The van der Waals surface area contributed by atoms with Crippen LogP contribution in [0.25, 0.3) is 10.6 Å². The summed E-state index contributed by atoms with van der Waals surface area (Å²) in [6, 6.07) is 14.6. The van der Waals surface area contributed by atoms with Crippen molar-refractivity contribution in [2.75, 3.05) is 11.9 Å². The number of anilines is 1. The van der Waals surface area contributed by atoms with E-state index in [4.69, 9.17) is 0 Å². The summed E-state index contributed by atoms with van der Waals surface area (Å²) in [4.78, 5) is 16.6.